The molecule has 2 aromatic carbocycles. The number of carbonyl (C=O) groups is 1. The van der Waals surface area contributed by atoms with Crippen LogP contribution in [0.15, 0.2) is 48.5 Å². The summed E-state index contributed by atoms with van der Waals surface area (Å²) in [6.07, 6.45) is 0.781. The van der Waals surface area contributed by atoms with Crippen molar-refractivity contribution in [1.82, 2.24) is 5.32 Å². The van der Waals surface area contributed by atoms with Gasteiger partial charge in [0.25, 0.3) is 5.91 Å². The van der Waals surface area contributed by atoms with Crippen LogP contribution in [0.25, 0.3) is 0 Å². The molecule has 0 bridgehead atoms. The predicted molar refractivity (Wildman–Crippen MR) is 78.4 cm³/mol. The van der Waals surface area contributed by atoms with Crippen molar-refractivity contribution in [2.45, 2.75) is 6.42 Å². The van der Waals surface area contributed by atoms with E-state index in [1.165, 1.54) is 12.1 Å². The van der Waals surface area contributed by atoms with Crippen LogP contribution in [-0.4, -0.2) is 19.5 Å². The predicted octanol–water partition coefficient (Wildman–Crippen LogP) is 2.84. The molecule has 0 aliphatic rings. The molecule has 0 atom stereocenters. The van der Waals surface area contributed by atoms with Gasteiger partial charge in [0, 0.05) is 11.3 Å². The summed E-state index contributed by atoms with van der Waals surface area (Å²) in [7, 11) is 1.88. The fourth-order valence-corrected chi connectivity index (χ4v) is 1.95. The van der Waals surface area contributed by atoms with Crippen molar-refractivity contribution >= 4 is 11.6 Å². The van der Waals surface area contributed by atoms with Crippen molar-refractivity contribution in [3.05, 3.63) is 65.5 Å². The second-order valence-electron chi connectivity index (χ2n) is 4.47. The van der Waals surface area contributed by atoms with Crippen LogP contribution in [0.3, 0.4) is 0 Å². The van der Waals surface area contributed by atoms with Crippen molar-refractivity contribution < 1.29 is 9.18 Å². The van der Waals surface area contributed by atoms with Gasteiger partial charge in [-0.05, 0) is 55.9 Å². The van der Waals surface area contributed by atoms with Crippen LogP contribution < -0.4 is 10.6 Å². The van der Waals surface area contributed by atoms with Crippen LogP contribution in [0, 0.1) is 5.82 Å². The lowest BCUT2D eigenvalue weighted by Crippen LogP contribution is -2.17. The van der Waals surface area contributed by atoms with Crippen molar-refractivity contribution in [1.29, 1.82) is 0 Å². The van der Waals surface area contributed by atoms with Gasteiger partial charge in [-0.3, -0.25) is 4.79 Å². The van der Waals surface area contributed by atoms with Gasteiger partial charge in [-0.1, -0.05) is 18.2 Å². The summed E-state index contributed by atoms with van der Waals surface area (Å²) in [5, 5.41) is 5.84. The van der Waals surface area contributed by atoms with Crippen molar-refractivity contribution in [2.24, 2.45) is 0 Å². The molecule has 2 N–H and O–H groups in total. The number of amides is 1. The van der Waals surface area contributed by atoms with E-state index in [2.05, 4.69) is 10.6 Å². The fourth-order valence-electron chi connectivity index (χ4n) is 1.95. The molecule has 0 heterocycles. The zero-order valence-electron chi connectivity index (χ0n) is 11.3. The number of nitrogens with one attached hydrogen (secondary N) is 2. The number of benzene rings is 2. The third-order valence-corrected chi connectivity index (χ3v) is 3.01. The molecule has 1 amide bonds. The summed E-state index contributed by atoms with van der Waals surface area (Å²) in [6.45, 7) is 0.806. The molecule has 4 heteroatoms. The van der Waals surface area contributed by atoms with E-state index in [1.54, 1.807) is 18.2 Å². The summed E-state index contributed by atoms with van der Waals surface area (Å²) < 4.78 is 12.8. The molecule has 2 aromatic rings. The average Bonchev–Trinajstić information content (AvgIpc) is 2.47. The molecule has 3 nitrogen and oxygen atoms in total. The van der Waals surface area contributed by atoms with E-state index in [0.29, 0.717) is 11.3 Å². The molecule has 0 aromatic heterocycles. The van der Waals surface area contributed by atoms with Gasteiger partial charge in [0.05, 0.1) is 0 Å². The van der Waals surface area contributed by atoms with Gasteiger partial charge >= 0.3 is 0 Å². The highest BCUT2D eigenvalue weighted by Gasteiger charge is 2.10. The largest absolute Gasteiger partial charge is 0.322 e. The maximum atomic E-state index is 12.8. The standard InChI is InChI=1S/C16H17FN2O/c1-18-11-10-12-4-2-3-5-15(12)16(20)19-14-8-6-13(17)7-9-14/h2-9,18H,10-11H2,1H3,(H,19,20). The van der Waals surface area contributed by atoms with Gasteiger partial charge in [-0.25, -0.2) is 4.39 Å². The maximum absolute atomic E-state index is 12.8. The Kier molecular flexibility index (Phi) is 4.85. The normalized spacial score (nSPS) is 10.3. The lowest BCUT2D eigenvalue weighted by atomic mass is 10.0. The lowest BCUT2D eigenvalue weighted by molar-refractivity contribution is 0.102. The quantitative estimate of drug-likeness (QED) is 0.878. The summed E-state index contributed by atoms with van der Waals surface area (Å²) in [6, 6.07) is 13.2. The highest BCUT2D eigenvalue weighted by molar-refractivity contribution is 6.05. The van der Waals surface area contributed by atoms with Crippen LogP contribution in [0.4, 0.5) is 10.1 Å². The first-order chi connectivity index (χ1) is 9.70. The summed E-state index contributed by atoms with van der Waals surface area (Å²) in [5.41, 5.74) is 2.22. The number of likely N-dealkylation sites (N-methyl/N-ethyl adjacent to an activating group) is 1. The van der Waals surface area contributed by atoms with E-state index in [4.69, 9.17) is 0 Å². The number of hydrogen-bond donors (Lipinski definition) is 2. The van der Waals surface area contributed by atoms with Crippen molar-refractivity contribution in [3.63, 3.8) is 0 Å². The maximum Gasteiger partial charge on any atom is 0.255 e. The minimum absolute atomic E-state index is 0.177. The molecule has 2 rings (SSSR count). The number of anilines is 1. The van der Waals surface area contributed by atoms with Crippen LogP contribution >= 0.6 is 0 Å². The Labute approximate surface area is 117 Å². The molecule has 104 valence electrons. The van der Waals surface area contributed by atoms with Crippen LogP contribution in [0.2, 0.25) is 0 Å². The summed E-state index contributed by atoms with van der Waals surface area (Å²) >= 11 is 0. The molecule has 0 aliphatic carbocycles. The third-order valence-electron chi connectivity index (χ3n) is 3.01. The van der Waals surface area contributed by atoms with Crippen LogP contribution in [-0.2, 0) is 6.42 Å². The van der Waals surface area contributed by atoms with Crippen molar-refractivity contribution in [3.8, 4) is 0 Å². The first kappa shape index (κ1) is 14.2. The van der Waals surface area contributed by atoms with E-state index >= 15 is 0 Å². The highest BCUT2D eigenvalue weighted by Crippen LogP contribution is 2.14. The Morgan fingerprint density at radius 1 is 1.10 bits per heavy atom. The minimum Gasteiger partial charge on any atom is -0.322 e. The Morgan fingerprint density at radius 2 is 1.80 bits per heavy atom. The molecule has 0 saturated heterocycles. The molecule has 0 spiro atoms. The monoisotopic (exact) mass is 272 g/mol. The molecular formula is C16H17FN2O. The van der Waals surface area contributed by atoms with Gasteiger partial charge < -0.3 is 10.6 Å². The van der Waals surface area contributed by atoms with E-state index < -0.39 is 0 Å². The minimum atomic E-state index is -0.322. The average molecular weight is 272 g/mol. The first-order valence-corrected chi connectivity index (χ1v) is 6.50. The smallest absolute Gasteiger partial charge is 0.255 e. The topological polar surface area (TPSA) is 41.1 Å². The summed E-state index contributed by atoms with van der Waals surface area (Å²) in [5.74, 6) is -0.499. The first-order valence-electron chi connectivity index (χ1n) is 6.50. The zero-order valence-corrected chi connectivity index (χ0v) is 11.3. The van der Waals surface area contributed by atoms with Crippen molar-refractivity contribution in [2.75, 3.05) is 18.9 Å². The molecule has 0 unspecified atom stereocenters. The molecule has 0 radical (unpaired) electrons. The third kappa shape index (κ3) is 3.65. The second-order valence-corrected chi connectivity index (χ2v) is 4.47. The molecule has 0 fully saturated rings. The molecule has 0 aliphatic heterocycles. The Morgan fingerprint density at radius 3 is 2.50 bits per heavy atom. The van der Waals surface area contributed by atoms with Crippen LogP contribution in [0.5, 0.6) is 0 Å². The number of carbonyl (C=O) groups excluding carboxylic acids is 1. The highest BCUT2D eigenvalue weighted by atomic mass is 19.1. The Bertz CT molecular complexity index is 581. The summed E-state index contributed by atoms with van der Waals surface area (Å²) in [4.78, 5) is 12.3. The number of rotatable bonds is 5. The van der Waals surface area contributed by atoms with Gasteiger partial charge in [0.1, 0.15) is 5.82 Å². The van der Waals surface area contributed by atoms with E-state index in [-0.39, 0.29) is 11.7 Å². The van der Waals surface area contributed by atoms with Gasteiger partial charge in [-0.2, -0.15) is 0 Å². The Balaban J connectivity index is 2.14. The fraction of sp³-hybridized carbons (Fsp3) is 0.188. The molecule has 0 saturated carbocycles. The number of hydrogen-bond acceptors (Lipinski definition) is 2. The van der Waals surface area contributed by atoms with E-state index in [0.717, 1.165) is 18.5 Å². The Hall–Kier alpha value is -2.20. The van der Waals surface area contributed by atoms with Gasteiger partial charge in [-0.15, -0.1) is 0 Å². The number of halogens is 1. The van der Waals surface area contributed by atoms with Crippen LogP contribution in [0.1, 0.15) is 15.9 Å². The lowest BCUT2D eigenvalue weighted by Gasteiger charge is -2.10. The second kappa shape index (κ2) is 6.82. The van der Waals surface area contributed by atoms with Gasteiger partial charge in [0.15, 0.2) is 0 Å². The zero-order chi connectivity index (χ0) is 14.4. The van der Waals surface area contributed by atoms with Gasteiger partial charge in [0.2, 0.25) is 0 Å². The van der Waals surface area contributed by atoms with E-state index in [1.807, 2.05) is 25.2 Å². The molecule has 20 heavy (non-hydrogen) atoms. The molecular weight excluding hydrogens is 255 g/mol. The SMILES string of the molecule is CNCCc1ccccc1C(=O)Nc1ccc(F)cc1. The van der Waals surface area contributed by atoms with E-state index in [9.17, 15) is 9.18 Å².